The molecule has 1 amide bonds. The zero-order valence-electron chi connectivity index (χ0n) is 12.4. The van der Waals surface area contributed by atoms with Gasteiger partial charge in [0.2, 0.25) is 0 Å². The number of fused-ring (bicyclic) bond motifs is 1. The van der Waals surface area contributed by atoms with Crippen molar-refractivity contribution < 1.29 is 4.79 Å². The van der Waals surface area contributed by atoms with Crippen molar-refractivity contribution in [1.82, 2.24) is 10.3 Å². The fourth-order valence-corrected chi connectivity index (χ4v) is 2.32. The number of nitrogens with one attached hydrogen (secondary N) is 3. The molecule has 0 fully saturated rings. The third-order valence-electron chi connectivity index (χ3n) is 3.43. The standard InChI is InChI=1S/C16H17N5O/c1-17-10-15-19-12-9-11(6-7-13(12)21(15)2)16(22)20-14-5-3-4-8-18-14/h3-10,17,19H,1-2H3,(H,18,20,22)/b15-10+. The lowest BCUT2D eigenvalue weighted by atomic mass is 10.1. The fraction of sp³-hybridized carbons (Fsp3) is 0.125. The van der Waals surface area contributed by atoms with E-state index in [9.17, 15) is 4.79 Å². The van der Waals surface area contributed by atoms with Crippen LogP contribution in [0.15, 0.2) is 54.6 Å². The van der Waals surface area contributed by atoms with Gasteiger partial charge in [0.25, 0.3) is 5.91 Å². The Balaban J connectivity index is 1.82. The first kappa shape index (κ1) is 13.9. The van der Waals surface area contributed by atoms with Gasteiger partial charge in [0.15, 0.2) is 0 Å². The molecule has 6 nitrogen and oxygen atoms in total. The molecule has 3 N–H and O–H groups in total. The van der Waals surface area contributed by atoms with Crippen LogP contribution in [0.1, 0.15) is 10.4 Å². The van der Waals surface area contributed by atoms with Crippen LogP contribution in [-0.4, -0.2) is 25.0 Å². The number of anilines is 3. The van der Waals surface area contributed by atoms with Crippen LogP contribution >= 0.6 is 0 Å². The molecule has 0 saturated carbocycles. The number of hydrogen-bond donors (Lipinski definition) is 3. The van der Waals surface area contributed by atoms with Crippen LogP contribution < -0.4 is 20.9 Å². The van der Waals surface area contributed by atoms with Gasteiger partial charge in [-0.15, -0.1) is 0 Å². The lowest BCUT2D eigenvalue weighted by Gasteiger charge is -2.12. The molecule has 0 saturated heterocycles. The van der Waals surface area contributed by atoms with Gasteiger partial charge in [-0.3, -0.25) is 4.79 Å². The minimum atomic E-state index is -0.183. The summed E-state index contributed by atoms with van der Waals surface area (Å²) < 4.78 is 0. The summed E-state index contributed by atoms with van der Waals surface area (Å²) in [5.74, 6) is 1.28. The molecule has 2 aromatic rings. The first-order valence-corrected chi connectivity index (χ1v) is 6.93. The van der Waals surface area contributed by atoms with Crippen LogP contribution in [0.25, 0.3) is 0 Å². The number of pyridine rings is 1. The second-order valence-electron chi connectivity index (χ2n) is 4.90. The molecule has 112 valence electrons. The Morgan fingerprint density at radius 3 is 2.91 bits per heavy atom. The van der Waals surface area contributed by atoms with Crippen molar-refractivity contribution in [3.8, 4) is 0 Å². The molecular formula is C16H17N5O. The van der Waals surface area contributed by atoms with E-state index in [-0.39, 0.29) is 5.91 Å². The first-order valence-electron chi connectivity index (χ1n) is 6.93. The third kappa shape index (κ3) is 2.58. The van der Waals surface area contributed by atoms with Crippen LogP contribution in [0.3, 0.4) is 0 Å². The molecule has 1 aromatic carbocycles. The average Bonchev–Trinajstić information content (AvgIpc) is 2.84. The first-order chi connectivity index (χ1) is 10.7. The Bertz CT molecular complexity index is 727. The lowest BCUT2D eigenvalue weighted by Crippen LogP contribution is -2.16. The van der Waals surface area contributed by atoms with Gasteiger partial charge in [-0.25, -0.2) is 4.98 Å². The number of amides is 1. The Morgan fingerprint density at radius 1 is 1.32 bits per heavy atom. The van der Waals surface area contributed by atoms with Gasteiger partial charge in [0.1, 0.15) is 11.6 Å². The third-order valence-corrected chi connectivity index (χ3v) is 3.43. The SMILES string of the molecule is CN/C=C1\Nc2cc(C(=O)Nc3ccccn3)ccc2N1C. The molecule has 1 aromatic heterocycles. The summed E-state index contributed by atoms with van der Waals surface area (Å²) in [7, 11) is 3.81. The smallest absolute Gasteiger partial charge is 0.256 e. The number of benzene rings is 1. The van der Waals surface area contributed by atoms with E-state index in [0.29, 0.717) is 11.4 Å². The second-order valence-corrected chi connectivity index (χ2v) is 4.90. The summed E-state index contributed by atoms with van der Waals surface area (Å²) in [6.45, 7) is 0. The maximum atomic E-state index is 12.3. The number of carbonyl (C=O) groups is 1. The summed E-state index contributed by atoms with van der Waals surface area (Å²) in [6.07, 6.45) is 3.51. The van der Waals surface area contributed by atoms with Gasteiger partial charge in [-0.05, 0) is 30.3 Å². The van der Waals surface area contributed by atoms with Crippen molar-refractivity contribution in [3.63, 3.8) is 0 Å². The van der Waals surface area contributed by atoms with E-state index < -0.39 is 0 Å². The average molecular weight is 295 g/mol. The van der Waals surface area contributed by atoms with E-state index >= 15 is 0 Å². The summed E-state index contributed by atoms with van der Waals surface area (Å²) in [6, 6.07) is 11.0. The molecule has 0 spiro atoms. The van der Waals surface area contributed by atoms with E-state index in [1.807, 2.05) is 43.4 Å². The minimum Gasteiger partial charge on any atom is -0.391 e. The van der Waals surface area contributed by atoms with E-state index in [4.69, 9.17) is 0 Å². The molecule has 3 rings (SSSR count). The van der Waals surface area contributed by atoms with Gasteiger partial charge in [-0.2, -0.15) is 0 Å². The molecule has 0 unspecified atom stereocenters. The molecule has 0 aliphatic carbocycles. The van der Waals surface area contributed by atoms with E-state index in [1.54, 1.807) is 24.4 Å². The van der Waals surface area contributed by atoms with Crippen LogP contribution in [0, 0.1) is 0 Å². The zero-order chi connectivity index (χ0) is 15.5. The molecule has 0 bridgehead atoms. The van der Waals surface area contributed by atoms with Crippen LogP contribution in [-0.2, 0) is 0 Å². The van der Waals surface area contributed by atoms with Crippen molar-refractivity contribution in [1.29, 1.82) is 0 Å². The Hall–Kier alpha value is -3.02. The number of nitrogens with zero attached hydrogens (tertiary/aromatic N) is 2. The van der Waals surface area contributed by atoms with Crippen molar-refractivity contribution in [2.24, 2.45) is 0 Å². The van der Waals surface area contributed by atoms with Crippen molar-refractivity contribution in [3.05, 3.63) is 60.2 Å². The van der Waals surface area contributed by atoms with E-state index in [0.717, 1.165) is 17.2 Å². The topological polar surface area (TPSA) is 69.3 Å². The fourth-order valence-electron chi connectivity index (χ4n) is 2.32. The van der Waals surface area contributed by atoms with Gasteiger partial charge in [-0.1, -0.05) is 6.07 Å². The summed E-state index contributed by atoms with van der Waals surface area (Å²) in [4.78, 5) is 18.4. The zero-order valence-corrected chi connectivity index (χ0v) is 12.4. The predicted molar refractivity (Wildman–Crippen MR) is 87.8 cm³/mol. The summed E-state index contributed by atoms with van der Waals surface area (Å²) in [5.41, 5.74) is 2.50. The molecule has 1 aliphatic heterocycles. The highest BCUT2D eigenvalue weighted by atomic mass is 16.1. The number of aromatic nitrogens is 1. The Kier molecular flexibility index (Phi) is 3.65. The maximum absolute atomic E-state index is 12.3. The van der Waals surface area contributed by atoms with Gasteiger partial charge in [0, 0.05) is 32.1 Å². The quantitative estimate of drug-likeness (QED) is 0.810. The van der Waals surface area contributed by atoms with Crippen molar-refractivity contribution in [2.45, 2.75) is 0 Å². The number of rotatable bonds is 3. The van der Waals surface area contributed by atoms with Crippen LogP contribution in [0.5, 0.6) is 0 Å². The molecular weight excluding hydrogens is 278 g/mol. The highest BCUT2D eigenvalue weighted by Gasteiger charge is 2.21. The van der Waals surface area contributed by atoms with E-state index in [1.165, 1.54) is 0 Å². The highest BCUT2D eigenvalue weighted by Crippen LogP contribution is 2.35. The Labute approximate surface area is 128 Å². The van der Waals surface area contributed by atoms with Crippen LogP contribution in [0.2, 0.25) is 0 Å². The van der Waals surface area contributed by atoms with Crippen molar-refractivity contribution >= 4 is 23.1 Å². The van der Waals surface area contributed by atoms with Gasteiger partial charge < -0.3 is 20.9 Å². The van der Waals surface area contributed by atoms with Crippen LogP contribution in [0.4, 0.5) is 17.2 Å². The maximum Gasteiger partial charge on any atom is 0.256 e. The largest absolute Gasteiger partial charge is 0.391 e. The predicted octanol–water partition coefficient (Wildman–Crippen LogP) is 2.21. The highest BCUT2D eigenvalue weighted by molar-refractivity contribution is 6.05. The molecule has 1 aliphatic rings. The van der Waals surface area contributed by atoms with Crippen molar-refractivity contribution in [2.75, 3.05) is 29.6 Å². The monoisotopic (exact) mass is 295 g/mol. The minimum absolute atomic E-state index is 0.183. The molecule has 0 radical (unpaired) electrons. The summed E-state index contributed by atoms with van der Waals surface area (Å²) >= 11 is 0. The van der Waals surface area contributed by atoms with Gasteiger partial charge in [0.05, 0.1) is 11.4 Å². The second kappa shape index (κ2) is 5.77. The Morgan fingerprint density at radius 2 is 2.18 bits per heavy atom. The van der Waals surface area contributed by atoms with E-state index in [2.05, 4.69) is 20.9 Å². The number of hydrogen-bond acceptors (Lipinski definition) is 5. The van der Waals surface area contributed by atoms with Gasteiger partial charge >= 0.3 is 0 Å². The lowest BCUT2D eigenvalue weighted by molar-refractivity contribution is 0.102. The molecule has 2 heterocycles. The normalized spacial score (nSPS) is 14.5. The number of carbonyl (C=O) groups excluding carboxylic acids is 1. The summed E-state index contributed by atoms with van der Waals surface area (Å²) in [5, 5.41) is 9.04. The molecule has 0 atom stereocenters. The molecule has 22 heavy (non-hydrogen) atoms. The molecule has 6 heteroatoms.